The first-order chi connectivity index (χ1) is 9.62. The van der Waals surface area contributed by atoms with Gasteiger partial charge in [-0.15, -0.1) is 0 Å². The molecule has 1 atom stereocenters. The molecule has 1 unspecified atom stereocenters. The summed E-state index contributed by atoms with van der Waals surface area (Å²) in [5, 5.41) is 2.40. The Balaban J connectivity index is 2.31. The molecule has 1 aliphatic rings. The summed E-state index contributed by atoms with van der Waals surface area (Å²) in [5.74, 6) is 1.80. The Bertz CT molecular complexity index is 639. The second kappa shape index (κ2) is 4.67. The first-order valence-electron chi connectivity index (χ1n) is 7.03. The first-order valence-corrected chi connectivity index (χ1v) is 7.03. The van der Waals surface area contributed by atoms with Gasteiger partial charge in [-0.05, 0) is 48.7 Å². The van der Waals surface area contributed by atoms with E-state index in [4.69, 9.17) is 15.2 Å². The fraction of sp³-hybridized carbons (Fsp3) is 0.412. The molecule has 0 radical (unpaired) electrons. The number of nitrogens with two attached hydrogens (primary N) is 1. The van der Waals surface area contributed by atoms with Crippen molar-refractivity contribution in [3.8, 4) is 11.5 Å². The van der Waals surface area contributed by atoms with Crippen molar-refractivity contribution in [3.05, 3.63) is 35.9 Å². The van der Waals surface area contributed by atoms with E-state index < -0.39 is 0 Å². The third-order valence-electron chi connectivity index (χ3n) is 4.57. The predicted octanol–water partition coefficient (Wildman–Crippen LogP) is 3.24. The zero-order chi connectivity index (χ0) is 14.3. The number of fused-ring (bicyclic) bond motifs is 1. The van der Waals surface area contributed by atoms with Crippen molar-refractivity contribution >= 4 is 10.8 Å². The van der Waals surface area contributed by atoms with Crippen LogP contribution < -0.4 is 15.2 Å². The van der Waals surface area contributed by atoms with Gasteiger partial charge in [0.2, 0.25) is 0 Å². The number of benzene rings is 2. The topological polar surface area (TPSA) is 44.5 Å². The van der Waals surface area contributed by atoms with Gasteiger partial charge in [-0.2, -0.15) is 0 Å². The quantitative estimate of drug-likeness (QED) is 0.928. The highest BCUT2D eigenvalue weighted by atomic mass is 16.5. The van der Waals surface area contributed by atoms with Crippen LogP contribution in [0.15, 0.2) is 30.3 Å². The van der Waals surface area contributed by atoms with Crippen LogP contribution in [-0.2, 0) is 5.41 Å². The molecule has 1 saturated carbocycles. The van der Waals surface area contributed by atoms with Gasteiger partial charge in [-0.3, -0.25) is 0 Å². The van der Waals surface area contributed by atoms with Crippen molar-refractivity contribution < 1.29 is 9.47 Å². The van der Waals surface area contributed by atoms with E-state index in [9.17, 15) is 0 Å². The van der Waals surface area contributed by atoms with Gasteiger partial charge in [0.25, 0.3) is 0 Å². The van der Waals surface area contributed by atoms with E-state index in [0.29, 0.717) is 0 Å². The van der Waals surface area contributed by atoms with Crippen LogP contribution in [0.5, 0.6) is 11.5 Å². The van der Waals surface area contributed by atoms with Gasteiger partial charge < -0.3 is 15.2 Å². The summed E-state index contributed by atoms with van der Waals surface area (Å²) in [7, 11) is 3.42. The Morgan fingerprint density at radius 2 is 1.80 bits per heavy atom. The highest BCUT2D eigenvalue weighted by Gasteiger charge is 2.50. The van der Waals surface area contributed by atoms with Gasteiger partial charge in [-0.1, -0.05) is 12.1 Å². The lowest BCUT2D eigenvalue weighted by Crippen LogP contribution is -2.32. The fourth-order valence-electron chi connectivity index (χ4n) is 3.16. The molecule has 3 heteroatoms. The standard InChI is InChI=1S/C17H21NO2/c1-11(18)17(8-9-17)16-14-10-13(19-2)6-4-12(14)5-7-15(16)20-3/h4-7,10-11H,8-9,18H2,1-3H3. The first kappa shape index (κ1) is 13.3. The van der Waals surface area contributed by atoms with Gasteiger partial charge in [0.1, 0.15) is 11.5 Å². The van der Waals surface area contributed by atoms with Crippen molar-refractivity contribution in [3.63, 3.8) is 0 Å². The number of rotatable bonds is 4. The molecule has 0 bridgehead atoms. The maximum atomic E-state index is 6.26. The molecule has 1 fully saturated rings. The second-order valence-electron chi connectivity index (χ2n) is 5.67. The van der Waals surface area contributed by atoms with E-state index in [1.165, 1.54) is 16.3 Å². The third-order valence-corrected chi connectivity index (χ3v) is 4.57. The van der Waals surface area contributed by atoms with Crippen LogP contribution in [-0.4, -0.2) is 20.3 Å². The van der Waals surface area contributed by atoms with Crippen molar-refractivity contribution in [1.82, 2.24) is 0 Å². The molecule has 0 amide bonds. The van der Waals surface area contributed by atoms with Gasteiger partial charge in [-0.25, -0.2) is 0 Å². The summed E-state index contributed by atoms with van der Waals surface area (Å²) in [6, 6.07) is 10.4. The van der Waals surface area contributed by atoms with Crippen LogP contribution in [0.25, 0.3) is 10.8 Å². The van der Waals surface area contributed by atoms with E-state index in [1.807, 2.05) is 12.1 Å². The number of ether oxygens (including phenoxy) is 2. The average molecular weight is 271 g/mol. The smallest absolute Gasteiger partial charge is 0.123 e. The van der Waals surface area contributed by atoms with E-state index in [0.717, 1.165) is 24.3 Å². The van der Waals surface area contributed by atoms with E-state index in [2.05, 4.69) is 25.1 Å². The Hall–Kier alpha value is -1.74. The highest BCUT2D eigenvalue weighted by molar-refractivity contribution is 5.90. The van der Waals surface area contributed by atoms with E-state index >= 15 is 0 Å². The molecule has 0 saturated heterocycles. The normalized spacial score (nSPS) is 17.8. The summed E-state index contributed by atoms with van der Waals surface area (Å²) in [6.45, 7) is 2.09. The minimum atomic E-state index is 0.0528. The minimum Gasteiger partial charge on any atom is -0.497 e. The van der Waals surface area contributed by atoms with Crippen molar-refractivity contribution in [2.24, 2.45) is 5.73 Å². The van der Waals surface area contributed by atoms with Crippen LogP contribution in [0.1, 0.15) is 25.3 Å². The monoisotopic (exact) mass is 271 g/mol. The van der Waals surface area contributed by atoms with Crippen LogP contribution in [0, 0.1) is 0 Å². The predicted molar refractivity (Wildman–Crippen MR) is 81.6 cm³/mol. The van der Waals surface area contributed by atoms with Crippen molar-refractivity contribution in [1.29, 1.82) is 0 Å². The maximum Gasteiger partial charge on any atom is 0.123 e. The Morgan fingerprint density at radius 1 is 1.10 bits per heavy atom. The van der Waals surface area contributed by atoms with Crippen molar-refractivity contribution in [2.75, 3.05) is 14.2 Å². The average Bonchev–Trinajstić information content (AvgIpc) is 3.26. The number of methoxy groups -OCH3 is 2. The fourth-order valence-corrected chi connectivity index (χ4v) is 3.16. The summed E-state index contributed by atoms with van der Waals surface area (Å²) in [6.07, 6.45) is 2.24. The van der Waals surface area contributed by atoms with Gasteiger partial charge in [0.15, 0.2) is 0 Å². The van der Waals surface area contributed by atoms with Gasteiger partial charge in [0, 0.05) is 17.0 Å². The van der Waals surface area contributed by atoms with Crippen LogP contribution in [0.4, 0.5) is 0 Å². The lowest BCUT2D eigenvalue weighted by Gasteiger charge is -2.24. The summed E-state index contributed by atoms with van der Waals surface area (Å²) in [4.78, 5) is 0. The summed E-state index contributed by atoms with van der Waals surface area (Å²) < 4.78 is 11.0. The molecule has 0 aromatic heterocycles. The van der Waals surface area contributed by atoms with Crippen LogP contribution >= 0.6 is 0 Å². The van der Waals surface area contributed by atoms with Crippen molar-refractivity contribution in [2.45, 2.75) is 31.2 Å². The largest absolute Gasteiger partial charge is 0.497 e. The molecule has 2 aromatic rings. The zero-order valence-electron chi connectivity index (χ0n) is 12.3. The molecule has 20 heavy (non-hydrogen) atoms. The molecule has 106 valence electrons. The molecule has 3 nitrogen and oxygen atoms in total. The SMILES string of the molecule is COc1ccc2ccc(OC)c(C3(C(C)N)CC3)c2c1. The molecule has 1 aliphatic carbocycles. The lowest BCUT2D eigenvalue weighted by molar-refractivity contribution is 0.399. The minimum absolute atomic E-state index is 0.0528. The Kier molecular flexibility index (Phi) is 3.09. The Morgan fingerprint density at radius 3 is 2.35 bits per heavy atom. The molecule has 2 N–H and O–H groups in total. The van der Waals surface area contributed by atoms with Crippen LogP contribution in [0.2, 0.25) is 0 Å². The summed E-state index contributed by atoms with van der Waals surface area (Å²) in [5.41, 5.74) is 7.56. The Labute approximate surface area is 119 Å². The molecular formula is C17H21NO2. The highest BCUT2D eigenvalue weighted by Crippen LogP contribution is 2.55. The second-order valence-corrected chi connectivity index (χ2v) is 5.67. The zero-order valence-corrected chi connectivity index (χ0v) is 12.3. The van der Waals surface area contributed by atoms with Gasteiger partial charge >= 0.3 is 0 Å². The lowest BCUT2D eigenvalue weighted by atomic mass is 9.85. The molecule has 2 aromatic carbocycles. The van der Waals surface area contributed by atoms with E-state index in [-0.39, 0.29) is 11.5 Å². The number of hydrogen-bond acceptors (Lipinski definition) is 3. The van der Waals surface area contributed by atoms with E-state index in [1.54, 1.807) is 14.2 Å². The van der Waals surface area contributed by atoms with Gasteiger partial charge in [0.05, 0.1) is 14.2 Å². The molecule has 3 rings (SSSR count). The molecule has 0 spiro atoms. The third kappa shape index (κ3) is 1.85. The van der Waals surface area contributed by atoms with Crippen LogP contribution in [0.3, 0.4) is 0 Å². The molecule has 0 heterocycles. The molecular weight excluding hydrogens is 250 g/mol. The number of hydrogen-bond donors (Lipinski definition) is 1. The maximum absolute atomic E-state index is 6.26. The molecule has 0 aliphatic heterocycles. The summed E-state index contributed by atoms with van der Waals surface area (Å²) >= 11 is 0.